The molecule has 0 fully saturated rings. The van der Waals surface area contributed by atoms with E-state index < -0.39 is 23.3 Å². The Bertz CT molecular complexity index is 739. The van der Waals surface area contributed by atoms with Crippen LogP contribution in [0.15, 0.2) is 41.2 Å². The van der Waals surface area contributed by atoms with Gasteiger partial charge in [0, 0.05) is 6.07 Å². The molecule has 0 saturated heterocycles. The third-order valence-corrected chi connectivity index (χ3v) is 2.48. The molecule has 0 unspecified atom stereocenters. The normalized spacial score (nSPS) is 10.1. The minimum absolute atomic E-state index is 0.0285. The van der Waals surface area contributed by atoms with Gasteiger partial charge in [0.25, 0.3) is 5.91 Å². The Kier molecular flexibility index (Phi) is 3.60. The summed E-state index contributed by atoms with van der Waals surface area (Å²) in [5.41, 5.74) is -0.892. The van der Waals surface area contributed by atoms with E-state index in [2.05, 4.69) is 10.3 Å². The Labute approximate surface area is 111 Å². The molecule has 2 aromatic rings. The number of hydrogen-bond acceptors (Lipinski definition) is 3. The van der Waals surface area contributed by atoms with Gasteiger partial charge in [-0.15, -0.1) is 0 Å². The first kappa shape index (κ1) is 13.5. The summed E-state index contributed by atoms with van der Waals surface area (Å²) in [4.78, 5) is 35.8. The van der Waals surface area contributed by atoms with Crippen molar-refractivity contribution in [3.8, 4) is 0 Å². The Hall–Kier alpha value is -2.96. The average molecular weight is 276 g/mol. The molecule has 102 valence electrons. The number of halogens is 1. The van der Waals surface area contributed by atoms with E-state index in [4.69, 9.17) is 5.11 Å². The van der Waals surface area contributed by atoms with Gasteiger partial charge >= 0.3 is 5.97 Å². The fourth-order valence-corrected chi connectivity index (χ4v) is 1.52. The highest BCUT2D eigenvalue weighted by atomic mass is 19.1. The maximum atomic E-state index is 13.6. The molecule has 0 aliphatic carbocycles. The Morgan fingerprint density at radius 2 is 1.95 bits per heavy atom. The zero-order valence-corrected chi connectivity index (χ0v) is 10.0. The zero-order chi connectivity index (χ0) is 14.7. The molecule has 0 atom stereocenters. The number of amides is 1. The number of aromatic carboxylic acids is 1. The molecular formula is C13H9FN2O4. The number of anilines is 1. The summed E-state index contributed by atoms with van der Waals surface area (Å²) in [7, 11) is 0. The van der Waals surface area contributed by atoms with Crippen LogP contribution in [-0.4, -0.2) is 22.0 Å². The maximum Gasteiger partial charge on any atom is 0.335 e. The first-order valence-corrected chi connectivity index (χ1v) is 5.51. The molecule has 0 radical (unpaired) electrons. The lowest BCUT2D eigenvalue weighted by molar-refractivity contribution is 0.0696. The molecule has 0 bridgehead atoms. The average Bonchev–Trinajstić information content (AvgIpc) is 2.40. The van der Waals surface area contributed by atoms with Gasteiger partial charge < -0.3 is 15.4 Å². The summed E-state index contributed by atoms with van der Waals surface area (Å²) in [6, 6.07) is 7.08. The number of hydrogen-bond donors (Lipinski definition) is 3. The number of carboxylic acids is 1. The van der Waals surface area contributed by atoms with Gasteiger partial charge in [0.1, 0.15) is 11.5 Å². The van der Waals surface area contributed by atoms with Crippen molar-refractivity contribution in [3.05, 3.63) is 63.8 Å². The van der Waals surface area contributed by atoms with Gasteiger partial charge in [-0.1, -0.05) is 6.07 Å². The highest BCUT2D eigenvalue weighted by molar-refractivity contribution is 6.03. The van der Waals surface area contributed by atoms with E-state index >= 15 is 0 Å². The van der Waals surface area contributed by atoms with Crippen molar-refractivity contribution < 1.29 is 19.1 Å². The van der Waals surface area contributed by atoms with Gasteiger partial charge in [-0.3, -0.25) is 9.59 Å². The smallest absolute Gasteiger partial charge is 0.335 e. The highest BCUT2D eigenvalue weighted by Gasteiger charge is 2.12. The number of carbonyl (C=O) groups is 2. The van der Waals surface area contributed by atoms with Crippen molar-refractivity contribution in [2.24, 2.45) is 0 Å². The summed E-state index contributed by atoms with van der Waals surface area (Å²) in [6.45, 7) is 0. The molecule has 0 aliphatic heterocycles. The molecule has 20 heavy (non-hydrogen) atoms. The molecule has 2 rings (SSSR count). The minimum Gasteiger partial charge on any atom is -0.478 e. The van der Waals surface area contributed by atoms with Crippen molar-refractivity contribution in [1.82, 2.24) is 4.98 Å². The summed E-state index contributed by atoms with van der Waals surface area (Å²) in [5.74, 6) is -2.85. The van der Waals surface area contributed by atoms with Gasteiger partial charge in [-0.25, -0.2) is 9.18 Å². The molecule has 0 aliphatic rings. The van der Waals surface area contributed by atoms with Crippen LogP contribution < -0.4 is 10.9 Å². The van der Waals surface area contributed by atoms with Crippen LogP contribution >= 0.6 is 0 Å². The van der Waals surface area contributed by atoms with Crippen molar-refractivity contribution in [2.75, 3.05) is 5.32 Å². The second-order valence-corrected chi connectivity index (χ2v) is 3.88. The Balaban J connectivity index is 2.24. The second kappa shape index (κ2) is 5.35. The number of aromatic nitrogens is 1. The first-order valence-electron chi connectivity index (χ1n) is 5.51. The lowest BCUT2D eigenvalue weighted by atomic mass is 10.2. The molecule has 1 heterocycles. The molecule has 3 N–H and O–H groups in total. The van der Waals surface area contributed by atoms with Crippen LogP contribution in [0.5, 0.6) is 0 Å². The van der Waals surface area contributed by atoms with E-state index in [1.54, 1.807) is 0 Å². The first-order chi connectivity index (χ1) is 9.47. The predicted octanol–water partition coefficient (Wildman–Crippen LogP) is 1.46. The molecule has 1 aromatic heterocycles. The number of rotatable bonds is 3. The lowest BCUT2D eigenvalue weighted by Crippen LogP contribution is -2.18. The van der Waals surface area contributed by atoms with Crippen LogP contribution in [-0.2, 0) is 0 Å². The van der Waals surface area contributed by atoms with E-state index in [0.717, 1.165) is 18.2 Å². The van der Waals surface area contributed by atoms with E-state index in [1.165, 1.54) is 18.2 Å². The molecule has 0 spiro atoms. The number of benzene rings is 1. The third kappa shape index (κ3) is 2.89. The highest BCUT2D eigenvalue weighted by Crippen LogP contribution is 2.16. The summed E-state index contributed by atoms with van der Waals surface area (Å²) < 4.78 is 13.6. The molecule has 0 saturated carbocycles. The monoisotopic (exact) mass is 276 g/mol. The fourth-order valence-electron chi connectivity index (χ4n) is 1.52. The predicted molar refractivity (Wildman–Crippen MR) is 68.4 cm³/mol. The molecular weight excluding hydrogens is 267 g/mol. The minimum atomic E-state index is -1.27. The standard InChI is InChI=1S/C13H9FN2O4/c14-8-6-7(13(19)20)4-5-9(8)16-12(18)10-2-1-3-11(17)15-10/h1-6H,(H,15,17)(H,16,18)(H,19,20). The van der Waals surface area contributed by atoms with E-state index in [9.17, 15) is 18.8 Å². The summed E-state index contributed by atoms with van der Waals surface area (Å²) >= 11 is 0. The summed E-state index contributed by atoms with van der Waals surface area (Å²) in [5, 5.41) is 10.9. The van der Waals surface area contributed by atoms with Gasteiger partial charge in [-0.2, -0.15) is 0 Å². The Morgan fingerprint density at radius 3 is 2.55 bits per heavy atom. The van der Waals surface area contributed by atoms with Crippen molar-refractivity contribution in [3.63, 3.8) is 0 Å². The van der Waals surface area contributed by atoms with Crippen molar-refractivity contribution in [1.29, 1.82) is 0 Å². The van der Waals surface area contributed by atoms with Gasteiger partial charge in [0.05, 0.1) is 11.3 Å². The van der Waals surface area contributed by atoms with Crippen LogP contribution in [0, 0.1) is 5.82 Å². The van der Waals surface area contributed by atoms with E-state index in [-0.39, 0.29) is 16.9 Å². The fraction of sp³-hybridized carbons (Fsp3) is 0. The molecule has 7 heteroatoms. The SMILES string of the molecule is O=C(O)c1ccc(NC(=O)c2cccc(=O)[nH]2)c(F)c1. The molecule has 1 aromatic carbocycles. The van der Waals surface area contributed by atoms with Crippen molar-refractivity contribution >= 4 is 17.6 Å². The zero-order valence-electron chi connectivity index (χ0n) is 10.0. The van der Waals surface area contributed by atoms with Gasteiger partial charge in [0.2, 0.25) is 5.56 Å². The van der Waals surface area contributed by atoms with Gasteiger partial charge in [-0.05, 0) is 24.3 Å². The lowest BCUT2D eigenvalue weighted by Gasteiger charge is -2.06. The quantitative estimate of drug-likeness (QED) is 0.790. The summed E-state index contributed by atoms with van der Waals surface area (Å²) in [6.07, 6.45) is 0. The molecule has 6 nitrogen and oxygen atoms in total. The second-order valence-electron chi connectivity index (χ2n) is 3.88. The third-order valence-electron chi connectivity index (χ3n) is 2.48. The van der Waals surface area contributed by atoms with E-state index in [1.807, 2.05) is 0 Å². The van der Waals surface area contributed by atoms with Crippen LogP contribution in [0.1, 0.15) is 20.8 Å². The number of nitrogens with one attached hydrogen (secondary N) is 2. The number of carbonyl (C=O) groups excluding carboxylic acids is 1. The molecule has 1 amide bonds. The number of H-pyrrole nitrogens is 1. The van der Waals surface area contributed by atoms with Gasteiger partial charge in [0.15, 0.2) is 0 Å². The number of aromatic amines is 1. The largest absolute Gasteiger partial charge is 0.478 e. The van der Waals surface area contributed by atoms with Crippen molar-refractivity contribution in [2.45, 2.75) is 0 Å². The number of carboxylic acid groups (broad SMARTS) is 1. The van der Waals surface area contributed by atoms with E-state index in [0.29, 0.717) is 0 Å². The van der Waals surface area contributed by atoms with Crippen LogP contribution in [0.3, 0.4) is 0 Å². The van der Waals surface area contributed by atoms with Crippen LogP contribution in [0.4, 0.5) is 10.1 Å². The number of pyridine rings is 1. The Morgan fingerprint density at radius 1 is 1.20 bits per heavy atom. The van der Waals surface area contributed by atoms with Crippen LogP contribution in [0.2, 0.25) is 0 Å². The maximum absolute atomic E-state index is 13.6. The van der Waals surface area contributed by atoms with Crippen LogP contribution in [0.25, 0.3) is 0 Å². The topological polar surface area (TPSA) is 99.3 Å².